The molecule has 7 nitrogen and oxygen atoms in total. The number of ether oxygens (including phenoxy) is 1. The molecule has 3 aliphatic rings. The summed E-state index contributed by atoms with van der Waals surface area (Å²) >= 11 is 0. The Balaban J connectivity index is 0.000000157. The molecule has 1 aliphatic carbocycles. The van der Waals surface area contributed by atoms with E-state index in [4.69, 9.17) is 4.74 Å². The van der Waals surface area contributed by atoms with Crippen LogP contribution in [0.25, 0.3) is 33.4 Å². The fourth-order valence-corrected chi connectivity index (χ4v) is 10.3. The van der Waals surface area contributed by atoms with Crippen molar-refractivity contribution in [2.75, 3.05) is 0 Å². The second-order valence-corrected chi connectivity index (χ2v) is 21.9. The number of carbonyl (C=O) groups is 4. The predicted molar refractivity (Wildman–Crippen MR) is 284 cm³/mol. The highest BCUT2D eigenvalue weighted by Crippen LogP contribution is 2.42. The van der Waals surface area contributed by atoms with Crippen molar-refractivity contribution >= 4 is 23.7 Å². The Hall–Kier alpha value is -6.60. The van der Waals surface area contributed by atoms with Crippen molar-refractivity contribution in [1.29, 1.82) is 0 Å². The van der Waals surface area contributed by atoms with Crippen LogP contribution in [0.3, 0.4) is 0 Å². The highest BCUT2D eigenvalue weighted by atomic mass is 16.6. The zero-order chi connectivity index (χ0) is 50.3. The summed E-state index contributed by atoms with van der Waals surface area (Å²) in [5.41, 5.74) is 9.99. The van der Waals surface area contributed by atoms with Gasteiger partial charge in [-0.15, -0.1) is 0 Å². The van der Waals surface area contributed by atoms with Crippen LogP contribution in [-0.4, -0.2) is 46.3 Å². The van der Waals surface area contributed by atoms with Crippen LogP contribution in [0.2, 0.25) is 0 Å². The molecule has 364 valence electrons. The Morgan fingerprint density at radius 3 is 1.24 bits per heavy atom. The summed E-state index contributed by atoms with van der Waals surface area (Å²) < 4.78 is 5.50. The molecule has 3 unspecified atom stereocenters. The topological polar surface area (TPSA) is 92.8 Å². The Labute approximate surface area is 417 Å². The average molecular weight is 937 g/mol. The summed E-state index contributed by atoms with van der Waals surface area (Å²) in [6, 6.07) is 57.0. The number of Topliss-reactive ketones (excluding diaryl/α,β-unsaturated/α-hetero) is 1. The zero-order valence-corrected chi connectivity index (χ0v) is 42.8. The van der Waals surface area contributed by atoms with E-state index in [2.05, 4.69) is 180 Å². The van der Waals surface area contributed by atoms with Gasteiger partial charge in [0.1, 0.15) is 11.4 Å². The third-order valence-electron chi connectivity index (χ3n) is 15.0. The van der Waals surface area contributed by atoms with Gasteiger partial charge in [0.2, 0.25) is 11.8 Å². The lowest BCUT2D eigenvalue weighted by Crippen LogP contribution is -2.49. The van der Waals surface area contributed by atoms with Gasteiger partial charge in [-0.05, 0) is 101 Å². The van der Waals surface area contributed by atoms with Crippen LogP contribution in [-0.2, 0) is 35.4 Å². The number of hydrogen-bond donors (Lipinski definition) is 1. The lowest BCUT2D eigenvalue weighted by molar-refractivity contribution is -0.129. The van der Waals surface area contributed by atoms with Gasteiger partial charge in [0.15, 0.2) is 0 Å². The van der Waals surface area contributed by atoms with E-state index < -0.39 is 11.7 Å². The minimum atomic E-state index is -0.633. The Kier molecular flexibility index (Phi) is 15.8. The normalized spacial score (nSPS) is 18.3. The molecular weight excluding hydrogens is 865 g/mol. The monoisotopic (exact) mass is 937 g/mol. The van der Waals surface area contributed by atoms with Crippen molar-refractivity contribution in [2.24, 2.45) is 5.92 Å². The standard InChI is InChI=1S/C24H29NO3.C20H22O.C19H21NO/c1-23(2,3)28-22(27)25-20(15-16-21(25)26)24(4,5)19-13-11-18(12-14-19)17-9-7-6-8-10-17;1-20(2,18-12-13-19(21)14-18)17-10-8-16(9-11-17)15-6-4-3-5-7-15;1-19(2,17-12-13-18(21)20-17)16-10-8-15(9-11-16)14-6-4-3-5-7-14/h6-14,20H,15-16H2,1-5H3;3-11,18H,12-14H2,1-2H3;3-11,17H,12-13H2,1-2H3,(H,20,21). The van der Waals surface area contributed by atoms with Crippen LogP contribution < -0.4 is 5.32 Å². The van der Waals surface area contributed by atoms with E-state index in [1.807, 2.05) is 51.1 Å². The van der Waals surface area contributed by atoms with Gasteiger partial charge in [-0.1, -0.05) is 205 Å². The molecule has 2 saturated heterocycles. The lowest BCUT2D eigenvalue weighted by atomic mass is 9.72. The molecule has 6 aromatic rings. The third-order valence-corrected chi connectivity index (χ3v) is 15.0. The molecule has 0 spiro atoms. The van der Waals surface area contributed by atoms with E-state index in [-0.39, 0.29) is 40.1 Å². The number of imide groups is 1. The summed E-state index contributed by atoms with van der Waals surface area (Å²) in [6.45, 7) is 18.6. The lowest BCUT2D eigenvalue weighted by Gasteiger charge is -2.37. The van der Waals surface area contributed by atoms with Crippen molar-refractivity contribution in [1.82, 2.24) is 10.2 Å². The van der Waals surface area contributed by atoms with Gasteiger partial charge in [0.05, 0.1) is 6.04 Å². The molecule has 70 heavy (non-hydrogen) atoms. The number of nitrogens with zero attached hydrogens (tertiary/aromatic N) is 1. The molecular formula is C63H72N2O5. The van der Waals surface area contributed by atoms with Crippen molar-refractivity contribution in [3.63, 3.8) is 0 Å². The summed E-state index contributed by atoms with van der Waals surface area (Å²) in [5.74, 6) is 0.920. The molecule has 7 heteroatoms. The molecule has 1 saturated carbocycles. The van der Waals surface area contributed by atoms with Gasteiger partial charge < -0.3 is 10.1 Å². The molecule has 6 aromatic carbocycles. The first-order valence-corrected chi connectivity index (χ1v) is 25.1. The van der Waals surface area contributed by atoms with E-state index in [0.29, 0.717) is 31.0 Å². The van der Waals surface area contributed by atoms with Gasteiger partial charge in [-0.3, -0.25) is 14.4 Å². The molecule has 3 atom stereocenters. The summed E-state index contributed by atoms with van der Waals surface area (Å²) in [7, 11) is 0. The Bertz CT molecular complexity index is 2580. The van der Waals surface area contributed by atoms with Gasteiger partial charge in [0, 0.05) is 42.6 Å². The van der Waals surface area contributed by atoms with Crippen molar-refractivity contribution in [2.45, 2.75) is 141 Å². The van der Waals surface area contributed by atoms with Gasteiger partial charge in [-0.2, -0.15) is 0 Å². The molecule has 1 N–H and O–H groups in total. The largest absolute Gasteiger partial charge is 0.443 e. The maximum Gasteiger partial charge on any atom is 0.417 e. The molecule has 0 bridgehead atoms. The summed E-state index contributed by atoms with van der Waals surface area (Å²) in [4.78, 5) is 49.5. The van der Waals surface area contributed by atoms with E-state index in [1.165, 1.54) is 43.8 Å². The molecule has 2 heterocycles. The minimum Gasteiger partial charge on any atom is -0.443 e. The fraction of sp³-hybridized carbons (Fsp3) is 0.365. The first kappa shape index (κ1) is 51.3. The molecule has 0 aromatic heterocycles. The molecule has 3 amide bonds. The van der Waals surface area contributed by atoms with E-state index in [0.717, 1.165) is 36.8 Å². The second-order valence-electron chi connectivity index (χ2n) is 21.9. The number of rotatable bonds is 9. The van der Waals surface area contributed by atoms with E-state index in [1.54, 1.807) is 0 Å². The summed E-state index contributed by atoms with van der Waals surface area (Å²) in [6.07, 6.45) is 4.58. The van der Waals surface area contributed by atoms with Gasteiger partial charge in [0.25, 0.3) is 0 Å². The Morgan fingerprint density at radius 2 is 0.871 bits per heavy atom. The number of ketones is 1. The molecule has 2 aliphatic heterocycles. The van der Waals surface area contributed by atoms with Crippen LogP contribution in [0.15, 0.2) is 164 Å². The Morgan fingerprint density at radius 1 is 0.471 bits per heavy atom. The number of benzene rings is 6. The first-order valence-electron chi connectivity index (χ1n) is 25.1. The maximum absolute atomic E-state index is 12.7. The molecule has 9 rings (SSSR count). The van der Waals surface area contributed by atoms with Crippen molar-refractivity contribution < 1.29 is 23.9 Å². The van der Waals surface area contributed by atoms with E-state index >= 15 is 0 Å². The predicted octanol–water partition coefficient (Wildman–Crippen LogP) is 14.5. The number of hydrogen-bond acceptors (Lipinski definition) is 5. The first-order chi connectivity index (χ1) is 33.2. The van der Waals surface area contributed by atoms with Crippen molar-refractivity contribution in [3.8, 4) is 33.4 Å². The smallest absolute Gasteiger partial charge is 0.417 e. The minimum absolute atomic E-state index is 0.0403. The van der Waals surface area contributed by atoms with Gasteiger partial charge in [-0.25, -0.2) is 9.69 Å². The SMILES string of the molecule is CC(C)(C)OC(=O)N1C(=O)CCC1C(C)(C)c1ccc(-c2ccccc2)cc1.CC(C)(c1ccc(-c2ccccc2)cc1)C1CCC(=O)C1.CC(C)(c1ccc(-c2ccccc2)cc1)C1CCC(=O)N1. The number of amides is 3. The number of likely N-dealkylation sites (tertiary alicyclic amines) is 1. The second kappa shape index (κ2) is 21.6. The number of carbonyl (C=O) groups excluding carboxylic acids is 4. The summed E-state index contributed by atoms with van der Waals surface area (Å²) in [5, 5.41) is 3.10. The highest BCUT2D eigenvalue weighted by molar-refractivity contribution is 5.94. The van der Waals surface area contributed by atoms with Crippen LogP contribution in [0, 0.1) is 5.92 Å². The van der Waals surface area contributed by atoms with E-state index in [9.17, 15) is 19.2 Å². The molecule has 3 fully saturated rings. The van der Waals surface area contributed by atoms with Crippen LogP contribution in [0.1, 0.15) is 124 Å². The van der Waals surface area contributed by atoms with Gasteiger partial charge >= 0.3 is 6.09 Å². The fourth-order valence-electron chi connectivity index (χ4n) is 10.3. The van der Waals surface area contributed by atoms with Crippen molar-refractivity contribution in [3.05, 3.63) is 180 Å². The third kappa shape index (κ3) is 12.2. The van der Waals surface area contributed by atoms with Crippen LogP contribution in [0.4, 0.5) is 4.79 Å². The number of nitrogens with one attached hydrogen (secondary N) is 1. The zero-order valence-electron chi connectivity index (χ0n) is 42.8. The molecule has 0 radical (unpaired) electrons. The van der Waals surface area contributed by atoms with Crippen LogP contribution >= 0.6 is 0 Å². The average Bonchev–Trinajstić information content (AvgIpc) is 4.13. The quantitative estimate of drug-likeness (QED) is 0.156. The van der Waals surface area contributed by atoms with Crippen LogP contribution in [0.5, 0.6) is 0 Å². The highest BCUT2D eigenvalue weighted by Gasteiger charge is 2.47. The maximum atomic E-state index is 12.7.